The minimum atomic E-state index is -0.962. The standard InChI is InChI=1S/C15H22FNO/c1-10-6-11(2)8-12(7-10)15(3,18)14-5-4-13(16)9-17-14/h4-5,9-12,18H,6-8H2,1-3H3. The average molecular weight is 251 g/mol. The third-order valence-corrected chi connectivity index (χ3v) is 4.22. The molecule has 3 atom stereocenters. The molecule has 1 aromatic rings. The number of nitrogens with zero attached hydrogens (tertiary/aromatic N) is 1. The zero-order valence-electron chi connectivity index (χ0n) is 11.4. The van der Waals surface area contributed by atoms with E-state index in [9.17, 15) is 9.50 Å². The summed E-state index contributed by atoms with van der Waals surface area (Å²) in [7, 11) is 0. The van der Waals surface area contributed by atoms with Crippen molar-refractivity contribution in [3.8, 4) is 0 Å². The molecule has 0 amide bonds. The van der Waals surface area contributed by atoms with Crippen LogP contribution in [0.1, 0.15) is 45.7 Å². The summed E-state index contributed by atoms with van der Waals surface area (Å²) in [6.45, 7) is 6.27. The van der Waals surface area contributed by atoms with Gasteiger partial charge in [0.05, 0.1) is 11.9 Å². The van der Waals surface area contributed by atoms with Crippen molar-refractivity contribution < 1.29 is 9.50 Å². The molecule has 0 bridgehead atoms. The number of aliphatic hydroxyl groups is 1. The van der Waals surface area contributed by atoms with Crippen LogP contribution in [0, 0.1) is 23.6 Å². The predicted molar refractivity (Wildman–Crippen MR) is 69.4 cm³/mol. The van der Waals surface area contributed by atoms with Crippen molar-refractivity contribution in [2.24, 2.45) is 17.8 Å². The molecule has 0 saturated heterocycles. The summed E-state index contributed by atoms with van der Waals surface area (Å²) in [5, 5.41) is 10.8. The van der Waals surface area contributed by atoms with Gasteiger partial charge in [-0.3, -0.25) is 4.98 Å². The maximum atomic E-state index is 12.9. The minimum Gasteiger partial charge on any atom is -0.384 e. The molecule has 2 nitrogen and oxygen atoms in total. The number of rotatable bonds is 2. The van der Waals surface area contributed by atoms with E-state index in [1.807, 2.05) is 6.92 Å². The van der Waals surface area contributed by atoms with E-state index < -0.39 is 5.60 Å². The molecule has 1 aromatic heterocycles. The summed E-state index contributed by atoms with van der Waals surface area (Å²) < 4.78 is 12.9. The van der Waals surface area contributed by atoms with Crippen LogP contribution in [0.25, 0.3) is 0 Å². The van der Waals surface area contributed by atoms with Crippen LogP contribution >= 0.6 is 0 Å². The first kappa shape index (κ1) is 13.5. The van der Waals surface area contributed by atoms with Crippen LogP contribution < -0.4 is 0 Å². The van der Waals surface area contributed by atoms with E-state index in [0.29, 0.717) is 17.5 Å². The fourth-order valence-electron chi connectivity index (χ4n) is 3.29. The lowest BCUT2D eigenvalue weighted by molar-refractivity contribution is -0.0420. The number of aromatic nitrogens is 1. The molecule has 3 heteroatoms. The lowest BCUT2D eigenvalue weighted by Crippen LogP contribution is -2.37. The Morgan fingerprint density at radius 2 is 1.83 bits per heavy atom. The van der Waals surface area contributed by atoms with Gasteiger partial charge in [0.15, 0.2) is 0 Å². The smallest absolute Gasteiger partial charge is 0.141 e. The highest BCUT2D eigenvalue weighted by molar-refractivity contribution is 5.14. The van der Waals surface area contributed by atoms with Crippen LogP contribution in [0.15, 0.2) is 18.3 Å². The van der Waals surface area contributed by atoms with Gasteiger partial charge in [-0.15, -0.1) is 0 Å². The van der Waals surface area contributed by atoms with E-state index in [0.717, 1.165) is 12.8 Å². The van der Waals surface area contributed by atoms with E-state index >= 15 is 0 Å². The molecule has 1 heterocycles. The van der Waals surface area contributed by atoms with Crippen LogP contribution in [0.5, 0.6) is 0 Å². The van der Waals surface area contributed by atoms with Crippen LogP contribution in [-0.2, 0) is 5.60 Å². The lowest BCUT2D eigenvalue weighted by Gasteiger charge is -2.40. The van der Waals surface area contributed by atoms with Crippen LogP contribution in [0.3, 0.4) is 0 Å². The highest BCUT2D eigenvalue weighted by Gasteiger charge is 2.39. The Kier molecular flexibility index (Phi) is 3.71. The summed E-state index contributed by atoms with van der Waals surface area (Å²) in [6, 6.07) is 2.96. The summed E-state index contributed by atoms with van der Waals surface area (Å²) in [6.07, 6.45) is 4.43. The molecule has 3 unspecified atom stereocenters. The maximum Gasteiger partial charge on any atom is 0.141 e. The summed E-state index contributed by atoms with van der Waals surface area (Å²) >= 11 is 0. The van der Waals surface area contributed by atoms with Gasteiger partial charge in [-0.25, -0.2) is 4.39 Å². The molecule has 0 aromatic carbocycles. The molecule has 2 rings (SSSR count). The highest BCUT2D eigenvalue weighted by Crippen LogP contribution is 2.42. The van der Waals surface area contributed by atoms with E-state index in [2.05, 4.69) is 18.8 Å². The van der Waals surface area contributed by atoms with Crippen molar-refractivity contribution in [2.45, 2.75) is 45.6 Å². The van der Waals surface area contributed by atoms with E-state index in [-0.39, 0.29) is 11.7 Å². The second-order valence-corrected chi connectivity index (χ2v) is 6.12. The van der Waals surface area contributed by atoms with Gasteiger partial charge >= 0.3 is 0 Å². The molecule has 1 saturated carbocycles. The Bertz CT molecular complexity index is 391. The van der Waals surface area contributed by atoms with Gasteiger partial charge in [-0.1, -0.05) is 13.8 Å². The number of pyridine rings is 1. The third-order valence-electron chi connectivity index (χ3n) is 4.22. The molecule has 1 aliphatic carbocycles. The molecule has 0 radical (unpaired) electrons. The molecule has 0 spiro atoms. The number of halogens is 1. The van der Waals surface area contributed by atoms with Crippen LogP contribution in [0.2, 0.25) is 0 Å². The average Bonchev–Trinajstić information content (AvgIpc) is 2.28. The second-order valence-electron chi connectivity index (χ2n) is 6.12. The predicted octanol–water partition coefficient (Wildman–Crippen LogP) is 3.50. The van der Waals surface area contributed by atoms with Crippen molar-refractivity contribution in [3.05, 3.63) is 29.8 Å². The highest BCUT2D eigenvalue weighted by atomic mass is 19.1. The van der Waals surface area contributed by atoms with Crippen molar-refractivity contribution in [1.29, 1.82) is 0 Å². The quantitative estimate of drug-likeness (QED) is 0.872. The largest absolute Gasteiger partial charge is 0.384 e. The molecule has 1 aliphatic rings. The van der Waals surface area contributed by atoms with Crippen LogP contribution in [-0.4, -0.2) is 10.1 Å². The SMILES string of the molecule is CC1CC(C)CC(C(C)(O)c2ccc(F)cn2)C1. The fraction of sp³-hybridized carbons (Fsp3) is 0.667. The molecule has 1 fully saturated rings. The Balaban J connectivity index is 2.21. The van der Waals surface area contributed by atoms with Gasteiger partial charge in [0.25, 0.3) is 0 Å². The molecule has 1 N–H and O–H groups in total. The maximum absolute atomic E-state index is 12.9. The summed E-state index contributed by atoms with van der Waals surface area (Å²) in [4.78, 5) is 4.05. The topological polar surface area (TPSA) is 33.1 Å². The fourth-order valence-corrected chi connectivity index (χ4v) is 3.29. The van der Waals surface area contributed by atoms with Crippen molar-refractivity contribution in [3.63, 3.8) is 0 Å². The van der Waals surface area contributed by atoms with Gasteiger partial charge in [0, 0.05) is 0 Å². The van der Waals surface area contributed by atoms with Gasteiger partial charge in [-0.2, -0.15) is 0 Å². The molecule has 0 aliphatic heterocycles. The zero-order chi connectivity index (χ0) is 13.3. The van der Waals surface area contributed by atoms with E-state index in [1.165, 1.54) is 18.7 Å². The van der Waals surface area contributed by atoms with Gasteiger partial charge < -0.3 is 5.11 Å². The van der Waals surface area contributed by atoms with Crippen LogP contribution in [0.4, 0.5) is 4.39 Å². The minimum absolute atomic E-state index is 0.203. The zero-order valence-corrected chi connectivity index (χ0v) is 11.4. The second kappa shape index (κ2) is 4.96. The summed E-state index contributed by atoms with van der Waals surface area (Å²) in [5.74, 6) is 1.10. The summed E-state index contributed by atoms with van der Waals surface area (Å²) in [5.41, 5.74) is -0.383. The van der Waals surface area contributed by atoms with Crippen molar-refractivity contribution in [2.75, 3.05) is 0 Å². The molecular formula is C15H22FNO. The van der Waals surface area contributed by atoms with Crippen molar-refractivity contribution in [1.82, 2.24) is 4.98 Å². The van der Waals surface area contributed by atoms with E-state index in [1.54, 1.807) is 6.07 Å². The monoisotopic (exact) mass is 251 g/mol. The molecule has 100 valence electrons. The molecular weight excluding hydrogens is 229 g/mol. The Labute approximate surface area is 108 Å². The normalized spacial score (nSPS) is 31.9. The number of hydrogen-bond donors (Lipinski definition) is 1. The number of hydrogen-bond acceptors (Lipinski definition) is 2. The Morgan fingerprint density at radius 1 is 1.22 bits per heavy atom. The van der Waals surface area contributed by atoms with Gasteiger partial charge in [-0.05, 0) is 56.1 Å². The first-order valence-corrected chi connectivity index (χ1v) is 6.74. The first-order chi connectivity index (χ1) is 8.39. The Morgan fingerprint density at radius 3 is 2.33 bits per heavy atom. The van der Waals surface area contributed by atoms with Gasteiger partial charge in [0.2, 0.25) is 0 Å². The Hall–Kier alpha value is -0.960. The lowest BCUT2D eigenvalue weighted by atomic mass is 9.69. The van der Waals surface area contributed by atoms with Crippen molar-refractivity contribution >= 4 is 0 Å². The van der Waals surface area contributed by atoms with E-state index in [4.69, 9.17) is 0 Å². The van der Waals surface area contributed by atoms with Gasteiger partial charge in [0.1, 0.15) is 11.4 Å². The first-order valence-electron chi connectivity index (χ1n) is 6.74. The third kappa shape index (κ3) is 2.72. The molecule has 18 heavy (non-hydrogen) atoms.